The normalized spacial score (nSPS) is 23.2. The van der Waals surface area contributed by atoms with Crippen molar-refractivity contribution in [3.05, 3.63) is 60.2 Å². The van der Waals surface area contributed by atoms with Crippen molar-refractivity contribution in [1.29, 1.82) is 0 Å². The SMILES string of the molecule is OC1(c2ccc(-c3ccccc3)cc2)CCNC1. The molecule has 0 spiro atoms. The molecular formula is C16H17NO. The van der Waals surface area contributed by atoms with Crippen molar-refractivity contribution in [3.8, 4) is 11.1 Å². The van der Waals surface area contributed by atoms with Crippen molar-refractivity contribution < 1.29 is 5.11 Å². The van der Waals surface area contributed by atoms with Crippen LogP contribution in [0.5, 0.6) is 0 Å². The highest BCUT2D eigenvalue weighted by molar-refractivity contribution is 5.63. The molecule has 0 bridgehead atoms. The third-order valence-corrected chi connectivity index (χ3v) is 3.66. The van der Waals surface area contributed by atoms with Crippen molar-refractivity contribution >= 4 is 0 Å². The summed E-state index contributed by atoms with van der Waals surface area (Å²) in [4.78, 5) is 0. The van der Waals surface area contributed by atoms with E-state index in [2.05, 4.69) is 29.6 Å². The minimum Gasteiger partial charge on any atom is -0.384 e. The smallest absolute Gasteiger partial charge is 0.103 e. The lowest BCUT2D eigenvalue weighted by Gasteiger charge is -2.22. The fourth-order valence-corrected chi connectivity index (χ4v) is 2.53. The zero-order chi connectivity index (χ0) is 12.4. The van der Waals surface area contributed by atoms with Crippen molar-refractivity contribution in [2.75, 3.05) is 13.1 Å². The molecule has 2 N–H and O–H groups in total. The molecule has 1 atom stereocenters. The summed E-state index contributed by atoms with van der Waals surface area (Å²) in [5.41, 5.74) is 2.72. The number of benzene rings is 2. The Bertz CT molecular complexity index is 513. The molecule has 3 rings (SSSR count). The van der Waals surface area contributed by atoms with Gasteiger partial charge in [0.15, 0.2) is 0 Å². The summed E-state index contributed by atoms with van der Waals surface area (Å²) in [5, 5.41) is 13.7. The Labute approximate surface area is 107 Å². The molecule has 1 saturated heterocycles. The fourth-order valence-electron chi connectivity index (χ4n) is 2.53. The maximum absolute atomic E-state index is 10.5. The zero-order valence-electron chi connectivity index (χ0n) is 10.3. The summed E-state index contributed by atoms with van der Waals surface area (Å²) in [6.07, 6.45) is 0.789. The van der Waals surface area contributed by atoms with Crippen molar-refractivity contribution in [2.24, 2.45) is 0 Å². The minimum atomic E-state index is -0.685. The Morgan fingerprint density at radius 3 is 2.17 bits per heavy atom. The molecule has 2 aromatic carbocycles. The molecule has 2 aromatic rings. The van der Waals surface area contributed by atoms with Crippen LogP contribution in [0.1, 0.15) is 12.0 Å². The lowest BCUT2D eigenvalue weighted by molar-refractivity contribution is 0.0588. The lowest BCUT2D eigenvalue weighted by Crippen LogP contribution is -2.28. The van der Waals surface area contributed by atoms with Gasteiger partial charge in [0.05, 0.1) is 0 Å². The first-order valence-electron chi connectivity index (χ1n) is 6.37. The molecule has 1 fully saturated rings. The van der Waals surface area contributed by atoms with Gasteiger partial charge >= 0.3 is 0 Å². The first-order valence-corrected chi connectivity index (χ1v) is 6.37. The average Bonchev–Trinajstić information content (AvgIpc) is 2.88. The molecular weight excluding hydrogens is 222 g/mol. The third kappa shape index (κ3) is 2.05. The van der Waals surface area contributed by atoms with E-state index in [0.717, 1.165) is 18.5 Å². The molecule has 1 aliphatic heterocycles. The van der Waals surface area contributed by atoms with Crippen LogP contribution in [-0.4, -0.2) is 18.2 Å². The van der Waals surface area contributed by atoms with Gasteiger partial charge in [-0.2, -0.15) is 0 Å². The van der Waals surface area contributed by atoms with Gasteiger partial charge in [-0.3, -0.25) is 0 Å². The number of rotatable bonds is 2. The maximum Gasteiger partial charge on any atom is 0.103 e. The van der Waals surface area contributed by atoms with E-state index in [0.29, 0.717) is 6.54 Å². The van der Waals surface area contributed by atoms with Gasteiger partial charge in [0, 0.05) is 6.54 Å². The molecule has 18 heavy (non-hydrogen) atoms. The molecule has 2 heteroatoms. The van der Waals surface area contributed by atoms with Gasteiger partial charge in [-0.25, -0.2) is 0 Å². The molecule has 0 aromatic heterocycles. The second-order valence-corrected chi connectivity index (χ2v) is 4.90. The first kappa shape index (κ1) is 11.5. The predicted octanol–water partition coefficient (Wildman–Crippen LogP) is 2.53. The molecule has 1 aliphatic rings. The Kier molecular flexibility index (Phi) is 2.90. The van der Waals surface area contributed by atoms with Gasteiger partial charge in [0.25, 0.3) is 0 Å². The van der Waals surface area contributed by atoms with Crippen LogP contribution in [0, 0.1) is 0 Å². The highest BCUT2D eigenvalue weighted by atomic mass is 16.3. The molecule has 92 valence electrons. The van der Waals surface area contributed by atoms with Gasteiger partial charge in [0.1, 0.15) is 5.60 Å². The van der Waals surface area contributed by atoms with Crippen LogP contribution < -0.4 is 5.32 Å². The second kappa shape index (κ2) is 4.56. The number of β-amino-alcohol motifs (C(OH)–C–C–N with tert-alkyl or cyclic N) is 1. The molecule has 1 unspecified atom stereocenters. The van der Waals surface area contributed by atoms with Crippen LogP contribution in [0.15, 0.2) is 54.6 Å². The molecule has 1 heterocycles. The van der Waals surface area contributed by atoms with Crippen molar-refractivity contribution in [1.82, 2.24) is 5.32 Å². The van der Waals surface area contributed by atoms with E-state index in [-0.39, 0.29) is 0 Å². The van der Waals surface area contributed by atoms with Gasteiger partial charge in [-0.1, -0.05) is 54.6 Å². The van der Waals surface area contributed by atoms with Crippen LogP contribution in [0.25, 0.3) is 11.1 Å². The number of aliphatic hydroxyl groups is 1. The van der Waals surface area contributed by atoms with Crippen LogP contribution in [0.3, 0.4) is 0 Å². The number of hydrogen-bond donors (Lipinski definition) is 2. The standard InChI is InChI=1S/C16H17NO/c18-16(10-11-17-12-16)15-8-6-14(7-9-15)13-4-2-1-3-5-13/h1-9,17-18H,10-12H2. The van der Waals surface area contributed by atoms with Gasteiger partial charge in [-0.15, -0.1) is 0 Å². The van der Waals surface area contributed by atoms with Crippen LogP contribution in [-0.2, 0) is 5.60 Å². The Morgan fingerprint density at radius 1 is 0.889 bits per heavy atom. The molecule has 0 radical (unpaired) electrons. The molecule has 2 nitrogen and oxygen atoms in total. The average molecular weight is 239 g/mol. The number of nitrogens with one attached hydrogen (secondary N) is 1. The lowest BCUT2D eigenvalue weighted by atomic mass is 9.91. The fraction of sp³-hybridized carbons (Fsp3) is 0.250. The van der Waals surface area contributed by atoms with E-state index in [1.807, 2.05) is 30.3 Å². The van der Waals surface area contributed by atoms with E-state index in [1.165, 1.54) is 11.1 Å². The highest BCUT2D eigenvalue weighted by Gasteiger charge is 2.32. The van der Waals surface area contributed by atoms with Gasteiger partial charge < -0.3 is 10.4 Å². The van der Waals surface area contributed by atoms with E-state index in [4.69, 9.17) is 0 Å². The van der Waals surface area contributed by atoms with Gasteiger partial charge in [0.2, 0.25) is 0 Å². The largest absolute Gasteiger partial charge is 0.384 e. The first-order chi connectivity index (χ1) is 8.78. The summed E-state index contributed by atoms with van der Waals surface area (Å²) in [7, 11) is 0. The quantitative estimate of drug-likeness (QED) is 0.844. The van der Waals surface area contributed by atoms with E-state index in [9.17, 15) is 5.11 Å². The predicted molar refractivity (Wildman–Crippen MR) is 73.3 cm³/mol. The molecule has 0 saturated carbocycles. The third-order valence-electron chi connectivity index (χ3n) is 3.66. The monoisotopic (exact) mass is 239 g/mol. The van der Waals surface area contributed by atoms with E-state index < -0.39 is 5.60 Å². The molecule has 0 aliphatic carbocycles. The Morgan fingerprint density at radius 2 is 1.56 bits per heavy atom. The zero-order valence-corrected chi connectivity index (χ0v) is 10.3. The van der Waals surface area contributed by atoms with Crippen LogP contribution >= 0.6 is 0 Å². The second-order valence-electron chi connectivity index (χ2n) is 4.90. The highest BCUT2D eigenvalue weighted by Crippen LogP contribution is 2.29. The summed E-state index contributed by atoms with van der Waals surface area (Å²) in [6, 6.07) is 18.5. The Balaban J connectivity index is 1.90. The van der Waals surface area contributed by atoms with E-state index >= 15 is 0 Å². The van der Waals surface area contributed by atoms with Crippen LogP contribution in [0.4, 0.5) is 0 Å². The van der Waals surface area contributed by atoms with Crippen molar-refractivity contribution in [2.45, 2.75) is 12.0 Å². The summed E-state index contributed by atoms with van der Waals surface area (Å²) in [6.45, 7) is 1.54. The van der Waals surface area contributed by atoms with Gasteiger partial charge in [-0.05, 0) is 29.7 Å². The number of hydrogen-bond acceptors (Lipinski definition) is 2. The van der Waals surface area contributed by atoms with Crippen LogP contribution in [0.2, 0.25) is 0 Å². The minimum absolute atomic E-state index is 0.650. The van der Waals surface area contributed by atoms with Crippen molar-refractivity contribution in [3.63, 3.8) is 0 Å². The molecule has 0 amide bonds. The summed E-state index contributed by atoms with van der Waals surface area (Å²) in [5.74, 6) is 0. The summed E-state index contributed by atoms with van der Waals surface area (Å²) < 4.78 is 0. The maximum atomic E-state index is 10.5. The van der Waals surface area contributed by atoms with E-state index in [1.54, 1.807) is 0 Å². The topological polar surface area (TPSA) is 32.3 Å². The Hall–Kier alpha value is -1.64. The summed E-state index contributed by atoms with van der Waals surface area (Å²) >= 11 is 0.